The summed E-state index contributed by atoms with van der Waals surface area (Å²) in [6, 6.07) is 48.4. The van der Waals surface area contributed by atoms with E-state index in [4.69, 9.17) is 0 Å². The summed E-state index contributed by atoms with van der Waals surface area (Å²) >= 11 is 1.85. The summed E-state index contributed by atoms with van der Waals surface area (Å²) in [6.07, 6.45) is 5.27. The molecule has 2 aliphatic rings. The quantitative estimate of drug-likeness (QED) is 0.179. The van der Waals surface area contributed by atoms with E-state index in [-0.39, 0.29) is 10.5 Å². The minimum Gasteiger partial charge on any atom is -0.192 e. The SMILES string of the molecule is C=S1c2ccccc2-c2c(-c3cc(C4=C(c5ccccc5C#N)CC=C4)cc(-c4cccc5sc6ccccc6c45)c3)cccc21. The average molecular weight is 622 g/mol. The second-order valence-corrected chi connectivity index (χ2v) is 14.5. The molecule has 0 radical (unpaired) electrons. The molecule has 6 aromatic carbocycles. The predicted octanol–water partition coefficient (Wildman–Crippen LogP) is 12.2. The normalized spacial score (nSPS) is 15.0. The summed E-state index contributed by atoms with van der Waals surface area (Å²) in [4.78, 5) is 2.62. The van der Waals surface area contributed by atoms with Gasteiger partial charge >= 0.3 is 0 Å². The molecular weight excluding hydrogens is 595 g/mol. The molecule has 0 N–H and O–H groups in total. The summed E-state index contributed by atoms with van der Waals surface area (Å²) < 4.78 is 2.60. The van der Waals surface area contributed by atoms with Crippen LogP contribution in [0.1, 0.15) is 23.1 Å². The number of hydrogen-bond acceptors (Lipinski definition) is 2. The number of nitriles is 1. The van der Waals surface area contributed by atoms with Crippen LogP contribution < -0.4 is 0 Å². The lowest BCUT2D eigenvalue weighted by Gasteiger charge is -2.16. The summed E-state index contributed by atoms with van der Waals surface area (Å²) in [7, 11) is -0.219. The Morgan fingerprint density at radius 3 is 2.17 bits per heavy atom. The maximum Gasteiger partial charge on any atom is 0.0998 e. The van der Waals surface area contributed by atoms with Gasteiger partial charge in [-0.3, -0.25) is 0 Å². The van der Waals surface area contributed by atoms with Gasteiger partial charge in [0.15, 0.2) is 0 Å². The molecule has 1 aliphatic heterocycles. The molecule has 2 heterocycles. The summed E-state index contributed by atoms with van der Waals surface area (Å²) in [5, 5.41) is 12.6. The van der Waals surface area contributed by atoms with Gasteiger partial charge in [-0.1, -0.05) is 96.9 Å². The van der Waals surface area contributed by atoms with Crippen LogP contribution in [0.4, 0.5) is 0 Å². The van der Waals surface area contributed by atoms with Gasteiger partial charge in [-0.2, -0.15) is 5.26 Å². The van der Waals surface area contributed by atoms with Crippen molar-refractivity contribution in [3.8, 4) is 39.4 Å². The topological polar surface area (TPSA) is 23.8 Å². The van der Waals surface area contributed by atoms with E-state index in [9.17, 15) is 5.26 Å². The van der Waals surface area contributed by atoms with Crippen molar-refractivity contribution < 1.29 is 0 Å². The third kappa shape index (κ3) is 4.12. The van der Waals surface area contributed by atoms with Crippen LogP contribution in [0.3, 0.4) is 0 Å². The molecule has 46 heavy (non-hydrogen) atoms. The minimum absolute atomic E-state index is 0.219. The molecule has 1 aromatic heterocycles. The molecule has 0 amide bonds. The van der Waals surface area contributed by atoms with Gasteiger partial charge in [-0.05, 0) is 105 Å². The molecule has 7 aromatic rings. The van der Waals surface area contributed by atoms with E-state index in [0.717, 1.165) is 17.5 Å². The highest BCUT2D eigenvalue weighted by Gasteiger charge is 2.25. The zero-order chi connectivity index (χ0) is 30.8. The molecule has 1 atom stereocenters. The van der Waals surface area contributed by atoms with Crippen LogP contribution in [0.25, 0.3) is 64.7 Å². The fourth-order valence-corrected chi connectivity index (χ4v) is 10.0. The monoisotopic (exact) mass is 621 g/mol. The van der Waals surface area contributed by atoms with Crippen molar-refractivity contribution in [2.45, 2.75) is 16.2 Å². The lowest BCUT2D eigenvalue weighted by Crippen LogP contribution is -1.93. The first-order valence-electron chi connectivity index (χ1n) is 15.4. The van der Waals surface area contributed by atoms with Crippen molar-refractivity contribution >= 4 is 59.0 Å². The molecule has 0 fully saturated rings. The number of benzene rings is 6. The predicted molar refractivity (Wildman–Crippen MR) is 199 cm³/mol. The fourth-order valence-electron chi connectivity index (χ4n) is 7.25. The van der Waals surface area contributed by atoms with Gasteiger partial charge in [-0.15, -0.1) is 21.8 Å². The smallest absolute Gasteiger partial charge is 0.0998 e. The van der Waals surface area contributed by atoms with Crippen LogP contribution in [-0.2, 0) is 0 Å². The van der Waals surface area contributed by atoms with Gasteiger partial charge in [0.25, 0.3) is 0 Å². The molecule has 216 valence electrons. The Kier molecular flexibility index (Phi) is 6.28. The highest BCUT2D eigenvalue weighted by Crippen LogP contribution is 2.55. The Labute approximate surface area is 275 Å². The molecule has 9 rings (SSSR count). The maximum absolute atomic E-state index is 9.98. The van der Waals surface area contributed by atoms with E-state index in [1.807, 2.05) is 29.5 Å². The van der Waals surface area contributed by atoms with Crippen molar-refractivity contribution in [3.63, 3.8) is 0 Å². The maximum atomic E-state index is 9.98. The molecule has 0 spiro atoms. The highest BCUT2D eigenvalue weighted by atomic mass is 32.2. The fraction of sp³-hybridized carbons (Fsp3) is 0.0233. The average Bonchev–Trinajstić information content (AvgIpc) is 3.83. The van der Waals surface area contributed by atoms with Crippen LogP contribution in [0, 0.1) is 11.3 Å². The third-order valence-electron chi connectivity index (χ3n) is 9.29. The van der Waals surface area contributed by atoms with Gasteiger partial charge in [0.05, 0.1) is 11.6 Å². The van der Waals surface area contributed by atoms with Crippen molar-refractivity contribution in [2.75, 3.05) is 0 Å². The lowest BCUT2D eigenvalue weighted by atomic mass is 9.87. The van der Waals surface area contributed by atoms with E-state index < -0.39 is 0 Å². The number of rotatable bonds is 4. The Morgan fingerprint density at radius 1 is 0.630 bits per heavy atom. The molecule has 1 unspecified atom stereocenters. The number of nitrogens with zero attached hydrogens (tertiary/aromatic N) is 1. The molecule has 0 saturated heterocycles. The van der Waals surface area contributed by atoms with E-state index in [0.29, 0.717) is 5.56 Å². The first-order chi connectivity index (χ1) is 22.7. The summed E-state index contributed by atoms with van der Waals surface area (Å²) in [5.74, 6) is 4.60. The van der Waals surface area contributed by atoms with Gasteiger partial charge in [0.2, 0.25) is 0 Å². The van der Waals surface area contributed by atoms with Gasteiger partial charge in [0, 0.05) is 35.5 Å². The molecule has 0 saturated carbocycles. The van der Waals surface area contributed by atoms with Gasteiger partial charge in [-0.25, -0.2) is 0 Å². The van der Waals surface area contributed by atoms with Crippen molar-refractivity contribution in [3.05, 3.63) is 156 Å². The Morgan fingerprint density at radius 2 is 1.28 bits per heavy atom. The van der Waals surface area contributed by atoms with E-state index in [2.05, 4.69) is 133 Å². The van der Waals surface area contributed by atoms with E-state index in [1.54, 1.807) is 0 Å². The molecular formula is C43H27NS2. The van der Waals surface area contributed by atoms with Crippen molar-refractivity contribution in [2.24, 2.45) is 0 Å². The van der Waals surface area contributed by atoms with Gasteiger partial charge in [0.1, 0.15) is 0 Å². The minimum atomic E-state index is -0.219. The van der Waals surface area contributed by atoms with Crippen LogP contribution >= 0.6 is 21.8 Å². The first-order valence-corrected chi connectivity index (χ1v) is 17.6. The molecule has 1 nitrogen and oxygen atoms in total. The largest absolute Gasteiger partial charge is 0.192 e. The zero-order valence-corrected chi connectivity index (χ0v) is 26.6. The van der Waals surface area contributed by atoms with Crippen LogP contribution in [0.5, 0.6) is 0 Å². The number of fused-ring (bicyclic) bond motifs is 6. The van der Waals surface area contributed by atoms with Crippen LogP contribution in [-0.4, -0.2) is 5.87 Å². The van der Waals surface area contributed by atoms with Gasteiger partial charge < -0.3 is 0 Å². The van der Waals surface area contributed by atoms with Crippen molar-refractivity contribution in [1.82, 2.24) is 0 Å². The lowest BCUT2D eigenvalue weighted by molar-refractivity contribution is 1.39. The van der Waals surface area contributed by atoms with E-state index in [1.165, 1.54) is 74.5 Å². The standard InChI is InChI=1S/C43H27NS2/c1-46-40-21-7-5-14-37(40)43-34(17-10-22-41(43)46)30-24-28(32-15-8-18-35(32)31-12-3-2-11-27(31)26-44)23-29(25-30)33-16-9-20-39-42(33)36-13-4-6-19-38(36)45-39/h2-17,19-25H,1,18H2. The Bertz CT molecular complexity index is 2540. The van der Waals surface area contributed by atoms with Crippen LogP contribution in [0.2, 0.25) is 0 Å². The van der Waals surface area contributed by atoms with Crippen molar-refractivity contribution in [1.29, 1.82) is 5.26 Å². The Balaban J connectivity index is 1.35. The molecule has 1 aliphatic carbocycles. The molecule has 3 heteroatoms. The summed E-state index contributed by atoms with van der Waals surface area (Å²) in [5.41, 5.74) is 12.7. The van der Waals surface area contributed by atoms with E-state index >= 15 is 0 Å². The first kappa shape index (κ1) is 27.1. The summed E-state index contributed by atoms with van der Waals surface area (Å²) in [6.45, 7) is 0. The van der Waals surface area contributed by atoms with Crippen LogP contribution in [0.15, 0.2) is 149 Å². The zero-order valence-electron chi connectivity index (χ0n) is 25.0. The highest BCUT2D eigenvalue weighted by molar-refractivity contribution is 8.14. The number of hydrogen-bond donors (Lipinski definition) is 0. The molecule has 0 bridgehead atoms. The Hall–Kier alpha value is -5.27. The second-order valence-electron chi connectivity index (χ2n) is 11.8. The number of thiophene rings is 1. The third-order valence-corrected chi connectivity index (χ3v) is 12.2. The number of allylic oxidation sites excluding steroid dienone is 4. The second kappa shape index (κ2) is 10.7.